The quantitative estimate of drug-likeness (QED) is 0.345. The molecule has 0 aliphatic heterocycles. The molecule has 23 heavy (non-hydrogen) atoms. The number of allylic oxidation sites excluding steroid dienone is 7. The summed E-state index contributed by atoms with van der Waals surface area (Å²) in [5.41, 5.74) is 2.61. The Labute approximate surface area is 145 Å². The Hall–Kier alpha value is -1.34. The van der Waals surface area contributed by atoms with Crippen molar-refractivity contribution < 1.29 is 0 Å². The zero-order valence-corrected chi connectivity index (χ0v) is 16.2. The molecule has 0 aromatic carbocycles. The fourth-order valence-corrected chi connectivity index (χ4v) is 2.85. The summed E-state index contributed by atoms with van der Waals surface area (Å²) in [6.45, 7) is 21.4. The first-order valence-electron chi connectivity index (χ1n) is 8.85. The molecule has 130 valence electrons. The third-order valence-corrected chi connectivity index (χ3v) is 4.48. The molecule has 0 amide bonds. The van der Waals surface area contributed by atoms with E-state index >= 15 is 0 Å². The first-order valence-corrected chi connectivity index (χ1v) is 8.85. The molecular formula is C22H37N. The maximum atomic E-state index is 4.27. The van der Waals surface area contributed by atoms with Gasteiger partial charge in [-0.15, -0.1) is 0 Å². The average molecular weight is 316 g/mol. The van der Waals surface area contributed by atoms with E-state index in [-0.39, 0.29) is 5.54 Å². The molecule has 1 nitrogen and oxygen atoms in total. The van der Waals surface area contributed by atoms with Crippen molar-refractivity contribution in [3.05, 3.63) is 60.8 Å². The number of hydrogen-bond donors (Lipinski definition) is 1. The van der Waals surface area contributed by atoms with Crippen molar-refractivity contribution in [2.24, 2.45) is 5.92 Å². The van der Waals surface area contributed by atoms with Crippen molar-refractivity contribution in [3.8, 4) is 0 Å². The lowest BCUT2D eigenvalue weighted by Gasteiger charge is -2.41. The van der Waals surface area contributed by atoms with Crippen LogP contribution in [-0.2, 0) is 0 Å². The monoisotopic (exact) mass is 315 g/mol. The van der Waals surface area contributed by atoms with Crippen molar-refractivity contribution in [1.29, 1.82) is 0 Å². The third kappa shape index (κ3) is 7.65. The lowest BCUT2D eigenvalue weighted by molar-refractivity contribution is 0.260. The highest BCUT2D eigenvalue weighted by Crippen LogP contribution is 2.33. The minimum atomic E-state index is -0.0344. The van der Waals surface area contributed by atoms with E-state index in [9.17, 15) is 0 Å². The molecule has 0 saturated carbocycles. The van der Waals surface area contributed by atoms with Crippen LogP contribution in [-0.4, -0.2) is 11.6 Å². The van der Waals surface area contributed by atoms with E-state index in [1.54, 1.807) is 0 Å². The predicted octanol–water partition coefficient (Wildman–Crippen LogP) is 6.37. The second kappa shape index (κ2) is 11.2. The van der Waals surface area contributed by atoms with Gasteiger partial charge in [0.2, 0.25) is 0 Å². The highest BCUT2D eigenvalue weighted by molar-refractivity contribution is 5.31. The van der Waals surface area contributed by atoms with Crippen molar-refractivity contribution >= 4 is 0 Å². The van der Waals surface area contributed by atoms with Crippen LogP contribution < -0.4 is 5.32 Å². The number of nitrogens with one attached hydrogen (secondary N) is 1. The van der Waals surface area contributed by atoms with E-state index in [1.165, 1.54) is 11.1 Å². The van der Waals surface area contributed by atoms with Crippen molar-refractivity contribution in [1.82, 2.24) is 5.32 Å². The Balaban J connectivity index is 5.64. The summed E-state index contributed by atoms with van der Waals surface area (Å²) >= 11 is 0. The van der Waals surface area contributed by atoms with Gasteiger partial charge in [0.1, 0.15) is 0 Å². The van der Waals surface area contributed by atoms with Crippen LogP contribution in [0.2, 0.25) is 0 Å². The molecule has 0 aliphatic carbocycles. The molecule has 0 spiro atoms. The van der Waals surface area contributed by atoms with Crippen LogP contribution in [0.1, 0.15) is 60.8 Å². The Morgan fingerprint density at radius 1 is 1.22 bits per heavy atom. The molecule has 0 aliphatic rings. The van der Waals surface area contributed by atoms with E-state index in [0.29, 0.717) is 12.0 Å². The highest BCUT2D eigenvalue weighted by atomic mass is 15.0. The normalized spacial score (nSPS) is 16.9. The number of hydrogen-bond acceptors (Lipinski definition) is 1. The van der Waals surface area contributed by atoms with Gasteiger partial charge in [0.25, 0.3) is 0 Å². The van der Waals surface area contributed by atoms with Gasteiger partial charge in [0.05, 0.1) is 0 Å². The fourth-order valence-electron chi connectivity index (χ4n) is 2.85. The molecule has 1 heteroatoms. The van der Waals surface area contributed by atoms with Gasteiger partial charge < -0.3 is 5.32 Å². The molecular weight excluding hydrogens is 278 g/mol. The van der Waals surface area contributed by atoms with Crippen LogP contribution in [0.4, 0.5) is 0 Å². The summed E-state index contributed by atoms with van der Waals surface area (Å²) < 4.78 is 0. The Bertz CT molecular complexity index is 451. The van der Waals surface area contributed by atoms with Gasteiger partial charge in [-0.25, -0.2) is 0 Å². The molecule has 0 aromatic heterocycles. The Morgan fingerprint density at radius 3 is 2.35 bits per heavy atom. The summed E-state index contributed by atoms with van der Waals surface area (Å²) in [7, 11) is 0. The summed E-state index contributed by atoms with van der Waals surface area (Å²) in [6.07, 6.45) is 15.4. The maximum absolute atomic E-state index is 4.27. The first-order chi connectivity index (χ1) is 10.8. The second-order valence-electron chi connectivity index (χ2n) is 6.82. The predicted molar refractivity (Wildman–Crippen MR) is 107 cm³/mol. The Morgan fingerprint density at radius 2 is 1.87 bits per heavy atom. The standard InChI is InChI=1S/C22H37N/c1-9-12-14-16-21(17-19(6)15-13-10-2)22(8,20(7)11-3)23-18(4)5/h9-10,12-14,16,18,20,23H,1,6,11,15,17H2,2-5,7-8H3/b13-10-,14-12-,21-16-. The van der Waals surface area contributed by atoms with Gasteiger partial charge in [-0.05, 0) is 38.2 Å². The van der Waals surface area contributed by atoms with Gasteiger partial charge >= 0.3 is 0 Å². The van der Waals surface area contributed by atoms with Gasteiger partial charge in [0.15, 0.2) is 0 Å². The molecule has 0 aromatic rings. The lowest BCUT2D eigenvalue weighted by atomic mass is 9.75. The Kier molecular flexibility index (Phi) is 10.6. The molecule has 0 heterocycles. The van der Waals surface area contributed by atoms with Crippen LogP contribution >= 0.6 is 0 Å². The average Bonchev–Trinajstić information content (AvgIpc) is 2.50. The minimum absolute atomic E-state index is 0.0344. The van der Waals surface area contributed by atoms with Gasteiger partial charge in [-0.3, -0.25) is 0 Å². The molecule has 0 rings (SSSR count). The topological polar surface area (TPSA) is 12.0 Å². The van der Waals surface area contributed by atoms with Crippen molar-refractivity contribution in [3.63, 3.8) is 0 Å². The molecule has 1 N–H and O–H groups in total. The fraction of sp³-hybridized carbons (Fsp3) is 0.545. The van der Waals surface area contributed by atoms with Crippen LogP contribution in [0, 0.1) is 5.92 Å². The summed E-state index contributed by atoms with van der Waals surface area (Å²) in [5.74, 6) is 0.544. The second-order valence-corrected chi connectivity index (χ2v) is 6.82. The smallest absolute Gasteiger partial charge is 0.0399 e. The SMILES string of the molecule is C=C/C=C\C=C(\CC(=C)C/C=C\C)C(C)(NC(C)C)C(C)CC. The summed E-state index contributed by atoms with van der Waals surface area (Å²) in [5, 5.41) is 3.81. The first kappa shape index (κ1) is 21.7. The van der Waals surface area contributed by atoms with E-state index < -0.39 is 0 Å². The molecule has 0 radical (unpaired) electrons. The largest absolute Gasteiger partial charge is 0.305 e. The summed E-state index contributed by atoms with van der Waals surface area (Å²) in [6, 6.07) is 0.435. The zero-order valence-electron chi connectivity index (χ0n) is 16.2. The minimum Gasteiger partial charge on any atom is -0.305 e. The van der Waals surface area contributed by atoms with Gasteiger partial charge in [-0.2, -0.15) is 0 Å². The van der Waals surface area contributed by atoms with E-state index in [1.807, 2.05) is 12.2 Å². The summed E-state index contributed by atoms with van der Waals surface area (Å²) in [4.78, 5) is 0. The maximum Gasteiger partial charge on any atom is 0.0399 e. The highest BCUT2D eigenvalue weighted by Gasteiger charge is 2.34. The zero-order chi connectivity index (χ0) is 17.9. The van der Waals surface area contributed by atoms with Gasteiger partial charge in [-0.1, -0.05) is 89.3 Å². The number of rotatable bonds is 11. The van der Waals surface area contributed by atoms with E-state index in [4.69, 9.17) is 0 Å². The van der Waals surface area contributed by atoms with E-state index in [0.717, 1.165) is 19.3 Å². The lowest BCUT2D eigenvalue weighted by Crippen LogP contribution is -2.52. The molecule has 2 unspecified atom stereocenters. The molecule has 2 atom stereocenters. The molecule has 0 bridgehead atoms. The molecule has 0 fully saturated rings. The van der Waals surface area contributed by atoms with Crippen molar-refractivity contribution in [2.75, 3.05) is 0 Å². The van der Waals surface area contributed by atoms with Crippen molar-refractivity contribution in [2.45, 2.75) is 72.4 Å². The van der Waals surface area contributed by atoms with Crippen LogP contribution in [0.25, 0.3) is 0 Å². The van der Waals surface area contributed by atoms with Gasteiger partial charge in [0, 0.05) is 11.6 Å². The molecule has 0 saturated heterocycles. The van der Waals surface area contributed by atoms with Crippen LogP contribution in [0.3, 0.4) is 0 Å². The van der Waals surface area contributed by atoms with Crippen LogP contribution in [0.15, 0.2) is 60.8 Å². The van der Waals surface area contributed by atoms with Crippen LogP contribution in [0.5, 0.6) is 0 Å². The third-order valence-electron chi connectivity index (χ3n) is 4.48. The van der Waals surface area contributed by atoms with E-state index in [2.05, 4.69) is 84.3 Å².